The highest BCUT2D eigenvalue weighted by Gasteiger charge is 2.02. The topological polar surface area (TPSA) is 63.2 Å². The summed E-state index contributed by atoms with van der Waals surface area (Å²) in [6.07, 6.45) is 3.36. The van der Waals surface area contributed by atoms with Gasteiger partial charge in [-0.25, -0.2) is 4.79 Å². The molecule has 120 valence electrons. The summed E-state index contributed by atoms with van der Waals surface area (Å²) in [5.74, 6) is 1.47. The second kappa shape index (κ2) is 7.78. The fourth-order valence-electron chi connectivity index (χ4n) is 2.10. The van der Waals surface area contributed by atoms with E-state index in [-0.39, 0.29) is 6.03 Å². The standard InChI is InChI=1S/C19H17N3O2/c23-19(22-16-4-2-1-3-5-16)21-14-15-6-8-17(9-7-15)24-18-10-12-20-13-11-18/h1-13H,14H2,(H2,21,22,23). The quantitative estimate of drug-likeness (QED) is 0.741. The molecule has 0 unspecified atom stereocenters. The van der Waals surface area contributed by atoms with Gasteiger partial charge in [-0.15, -0.1) is 0 Å². The minimum Gasteiger partial charge on any atom is -0.457 e. The van der Waals surface area contributed by atoms with Crippen molar-refractivity contribution in [1.82, 2.24) is 10.3 Å². The third kappa shape index (κ3) is 4.58. The summed E-state index contributed by atoms with van der Waals surface area (Å²) >= 11 is 0. The van der Waals surface area contributed by atoms with Crippen molar-refractivity contribution < 1.29 is 9.53 Å². The van der Waals surface area contributed by atoms with Gasteiger partial charge in [-0.2, -0.15) is 0 Å². The molecule has 0 bridgehead atoms. The zero-order chi connectivity index (χ0) is 16.6. The molecule has 2 aromatic carbocycles. The Morgan fingerprint density at radius 1 is 0.875 bits per heavy atom. The van der Waals surface area contributed by atoms with Gasteiger partial charge in [0.05, 0.1) is 0 Å². The molecule has 0 spiro atoms. The van der Waals surface area contributed by atoms with E-state index in [1.165, 1.54) is 0 Å². The van der Waals surface area contributed by atoms with E-state index in [4.69, 9.17) is 4.74 Å². The first-order valence-electron chi connectivity index (χ1n) is 7.56. The van der Waals surface area contributed by atoms with E-state index in [1.54, 1.807) is 24.5 Å². The van der Waals surface area contributed by atoms with Crippen LogP contribution in [0.25, 0.3) is 0 Å². The molecule has 2 N–H and O–H groups in total. The van der Waals surface area contributed by atoms with Crippen molar-refractivity contribution in [3.8, 4) is 11.5 Å². The van der Waals surface area contributed by atoms with Crippen LogP contribution in [0.2, 0.25) is 0 Å². The Labute approximate surface area is 140 Å². The summed E-state index contributed by atoms with van der Waals surface area (Å²) in [6.45, 7) is 0.439. The third-order valence-corrected chi connectivity index (χ3v) is 3.29. The van der Waals surface area contributed by atoms with Crippen LogP contribution in [-0.4, -0.2) is 11.0 Å². The maximum absolute atomic E-state index is 11.8. The molecule has 3 aromatic rings. The number of para-hydroxylation sites is 1. The molecular weight excluding hydrogens is 302 g/mol. The van der Waals surface area contributed by atoms with Gasteiger partial charge in [0.25, 0.3) is 0 Å². The number of nitrogens with one attached hydrogen (secondary N) is 2. The number of ether oxygens (including phenoxy) is 1. The van der Waals surface area contributed by atoms with Crippen molar-refractivity contribution in [1.29, 1.82) is 0 Å². The lowest BCUT2D eigenvalue weighted by atomic mass is 10.2. The summed E-state index contributed by atoms with van der Waals surface area (Å²) in [5.41, 5.74) is 1.75. The van der Waals surface area contributed by atoms with Gasteiger partial charge in [0.2, 0.25) is 0 Å². The molecule has 0 aliphatic rings. The van der Waals surface area contributed by atoms with Gasteiger partial charge in [0, 0.05) is 24.6 Å². The average molecular weight is 319 g/mol. The first kappa shape index (κ1) is 15.6. The van der Waals surface area contributed by atoms with Crippen LogP contribution in [0, 0.1) is 0 Å². The molecule has 0 saturated carbocycles. The van der Waals surface area contributed by atoms with Gasteiger partial charge in [-0.3, -0.25) is 4.98 Å². The van der Waals surface area contributed by atoms with Crippen LogP contribution >= 0.6 is 0 Å². The van der Waals surface area contributed by atoms with E-state index < -0.39 is 0 Å². The van der Waals surface area contributed by atoms with Crippen LogP contribution < -0.4 is 15.4 Å². The van der Waals surface area contributed by atoms with Crippen molar-refractivity contribution >= 4 is 11.7 Å². The van der Waals surface area contributed by atoms with Crippen molar-refractivity contribution in [3.63, 3.8) is 0 Å². The Kier molecular flexibility index (Phi) is 5.04. The van der Waals surface area contributed by atoms with Crippen LogP contribution in [0.4, 0.5) is 10.5 Å². The smallest absolute Gasteiger partial charge is 0.319 e. The predicted molar refractivity (Wildman–Crippen MR) is 93.1 cm³/mol. The van der Waals surface area contributed by atoms with Crippen LogP contribution in [0.15, 0.2) is 79.1 Å². The summed E-state index contributed by atoms with van der Waals surface area (Å²) in [5, 5.41) is 5.59. The summed E-state index contributed by atoms with van der Waals surface area (Å²) in [6, 6.07) is 20.2. The minimum atomic E-state index is -0.238. The highest BCUT2D eigenvalue weighted by atomic mass is 16.5. The third-order valence-electron chi connectivity index (χ3n) is 3.29. The molecule has 3 rings (SSSR count). The summed E-state index contributed by atoms with van der Waals surface area (Å²) in [7, 11) is 0. The van der Waals surface area contributed by atoms with Crippen LogP contribution in [0.3, 0.4) is 0 Å². The van der Waals surface area contributed by atoms with Gasteiger partial charge < -0.3 is 15.4 Å². The second-order valence-corrected chi connectivity index (χ2v) is 5.10. The highest BCUT2D eigenvalue weighted by Crippen LogP contribution is 2.20. The molecule has 2 amide bonds. The van der Waals surface area contributed by atoms with Crippen LogP contribution in [0.1, 0.15) is 5.56 Å². The number of rotatable bonds is 5. The van der Waals surface area contributed by atoms with Gasteiger partial charge in [0.15, 0.2) is 0 Å². The maximum Gasteiger partial charge on any atom is 0.319 e. The first-order chi connectivity index (χ1) is 11.8. The number of benzene rings is 2. The lowest BCUT2D eigenvalue weighted by Gasteiger charge is -2.09. The largest absolute Gasteiger partial charge is 0.457 e. The first-order valence-corrected chi connectivity index (χ1v) is 7.56. The number of aromatic nitrogens is 1. The molecule has 5 heteroatoms. The molecular formula is C19H17N3O2. The fourth-order valence-corrected chi connectivity index (χ4v) is 2.10. The average Bonchev–Trinajstić information content (AvgIpc) is 2.63. The van der Waals surface area contributed by atoms with Crippen molar-refractivity contribution in [2.75, 3.05) is 5.32 Å². The molecule has 0 radical (unpaired) electrons. The molecule has 1 aromatic heterocycles. The molecule has 0 fully saturated rings. The zero-order valence-electron chi connectivity index (χ0n) is 13.0. The molecule has 0 aliphatic heterocycles. The van der Waals surface area contributed by atoms with E-state index in [2.05, 4.69) is 15.6 Å². The van der Waals surface area contributed by atoms with Crippen molar-refractivity contribution in [2.45, 2.75) is 6.54 Å². The Bertz CT molecular complexity index is 775. The number of carbonyl (C=O) groups is 1. The van der Waals surface area contributed by atoms with E-state index in [0.717, 1.165) is 22.7 Å². The zero-order valence-corrected chi connectivity index (χ0v) is 13.0. The molecule has 0 aliphatic carbocycles. The number of carbonyl (C=O) groups excluding carboxylic acids is 1. The van der Waals surface area contributed by atoms with Gasteiger partial charge >= 0.3 is 6.03 Å². The number of nitrogens with zero attached hydrogens (tertiary/aromatic N) is 1. The maximum atomic E-state index is 11.8. The number of pyridine rings is 1. The number of hydrogen-bond acceptors (Lipinski definition) is 3. The van der Waals surface area contributed by atoms with Crippen LogP contribution in [0.5, 0.6) is 11.5 Å². The molecule has 0 atom stereocenters. The Morgan fingerprint density at radius 2 is 1.54 bits per heavy atom. The monoisotopic (exact) mass is 319 g/mol. The lowest BCUT2D eigenvalue weighted by Crippen LogP contribution is -2.28. The van der Waals surface area contributed by atoms with Crippen molar-refractivity contribution in [2.24, 2.45) is 0 Å². The summed E-state index contributed by atoms with van der Waals surface area (Å²) < 4.78 is 5.70. The normalized spacial score (nSPS) is 10.0. The number of hydrogen-bond donors (Lipinski definition) is 2. The van der Waals surface area contributed by atoms with Crippen LogP contribution in [-0.2, 0) is 6.54 Å². The number of anilines is 1. The predicted octanol–water partition coefficient (Wildman–Crippen LogP) is 4.20. The number of amides is 2. The highest BCUT2D eigenvalue weighted by molar-refractivity contribution is 5.89. The van der Waals surface area contributed by atoms with E-state index in [1.807, 2.05) is 54.6 Å². The summed E-state index contributed by atoms with van der Waals surface area (Å²) in [4.78, 5) is 15.8. The van der Waals surface area contributed by atoms with E-state index in [9.17, 15) is 4.79 Å². The number of urea groups is 1. The van der Waals surface area contributed by atoms with Gasteiger partial charge in [-0.1, -0.05) is 30.3 Å². The van der Waals surface area contributed by atoms with Crippen molar-refractivity contribution in [3.05, 3.63) is 84.7 Å². The molecule has 24 heavy (non-hydrogen) atoms. The Balaban J connectivity index is 1.50. The Morgan fingerprint density at radius 3 is 2.25 bits per heavy atom. The second-order valence-electron chi connectivity index (χ2n) is 5.10. The van der Waals surface area contributed by atoms with Gasteiger partial charge in [0.1, 0.15) is 11.5 Å². The lowest BCUT2D eigenvalue weighted by molar-refractivity contribution is 0.251. The Hall–Kier alpha value is -3.34. The van der Waals surface area contributed by atoms with Gasteiger partial charge in [-0.05, 0) is 42.0 Å². The molecule has 0 saturated heterocycles. The molecule has 5 nitrogen and oxygen atoms in total. The fraction of sp³-hybridized carbons (Fsp3) is 0.0526. The minimum absolute atomic E-state index is 0.238. The molecule has 1 heterocycles. The van der Waals surface area contributed by atoms with E-state index in [0.29, 0.717) is 6.54 Å². The SMILES string of the molecule is O=C(NCc1ccc(Oc2ccncc2)cc1)Nc1ccccc1. The van der Waals surface area contributed by atoms with E-state index >= 15 is 0 Å².